The van der Waals surface area contributed by atoms with Crippen LogP contribution in [0, 0.1) is 5.41 Å². The van der Waals surface area contributed by atoms with Gasteiger partial charge >= 0.3 is 88.1 Å². The minimum absolute atomic E-state index is 0.226. The van der Waals surface area contributed by atoms with Gasteiger partial charge in [0.15, 0.2) is 0 Å². The Kier molecular flexibility index (Phi) is 4.78. The van der Waals surface area contributed by atoms with Crippen LogP contribution in [0.15, 0.2) is 24.3 Å². The van der Waals surface area contributed by atoms with Crippen molar-refractivity contribution < 1.29 is 0 Å². The van der Waals surface area contributed by atoms with Gasteiger partial charge in [0, 0.05) is 0 Å². The molecule has 0 aromatic carbocycles. The van der Waals surface area contributed by atoms with E-state index in [0.29, 0.717) is 0 Å². The van der Waals surface area contributed by atoms with Gasteiger partial charge in [0.2, 0.25) is 0 Å². The number of hydrogen-bond donors (Lipinski definition) is 0. The normalized spacial score (nSPS) is 13.7. The molecule has 0 heterocycles. The summed E-state index contributed by atoms with van der Waals surface area (Å²) < 4.78 is 1.32. The molecule has 0 saturated carbocycles. The van der Waals surface area contributed by atoms with Crippen LogP contribution in [0.2, 0.25) is 19.3 Å². The number of rotatable bonds is 3. The van der Waals surface area contributed by atoms with E-state index in [2.05, 4.69) is 54.3 Å². The van der Waals surface area contributed by atoms with Gasteiger partial charge < -0.3 is 0 Å². The third-order valence-corrected chi connectivity index (χ3v) is 6.18. The first kappa shape index (κ1) is 13.3. The van der Waals surface area contributed by atoms with Crippen LogP contribution in [0.3, 0.4) is 0 Å². The fraction of sp³-hybridized carbons (Fsp3) is 0.667. The molecule has 0 N–H and O–H groups in total. The maximum atomic E-state index is 4.08. The van der Waals surface area contributed by atoms with Crippen molar-refractivity contribution in [2.75, 3.05) is 0 Å². The first-order chi connectivity index (χ1) is 5.63. The van der Waals surface area contributed by atoms with E-state index in [4.69, 9.17) is 0 Å². The summed E-state index contributed by atoms with van der Waals surface area (Å²) in [5, 5.41) is 0. The summed E-state index contributed by atoms with van der Waals surface area (Å²) in [4.78, 5) is 7.37. The Hall–Kier alpha value is 0.279. The predicted molar refractivity (Wildman–Crippen MR) is 65.9 cm³/mol. The molecular weight excluding hydrogens is 263 g/mol. The van der Waals surface area contributed by atoms with Crippen LogP contribution in [-0.2, 0) is 0 Å². The number of hydrogen-bond acceptors (Lipinski definition) is 0. The Morgan fingerprint density at radius 2 is 1.69 bits per heavy atom. The summed E-state index contributed by atoms with van der Waals surface area (Å²) in [6.07, 6.45) is 4.53. The molecule has 0 aliphatic heterocycles. The van der Waals surface area contributed by atoms with Gasteiger partial charge in [-0.1, -0.05) is 0 Å². The molecule has 0 spiro atoms. The van der Waals surface area contributed by atoms with Crippen LogP contribution in [-0.4, -0.2) is 18.4 Å². The van der Waals surface area contributed by atoms with Gasteiger partial charge in [-0.25, -0.2) is 0 Å². The fourth-order valence-corrected chi connectivity index (χ4v) is 3.16. The van der Waals surface area contributed by atoms with E-state index < -0.39 is 18.4 Å². The molecule has 0 bridgehead atoms. The Morgan fingerprint density at radius 1 is 1.23 bits per heavy atom. The second kappa shape index (κ2) is 4.67. The van der Waals surface area contributed by atoms with Crippen LogP contribution >= 0.6 is 0 Å². The standard InChI is InChI=1S/C9H15.3CH3.Sn/c1-6-7-8(2)9(3,4)5;;;;/h6-7H,1-2H2,3-5H3;3*1H3;/b7-6-;;;;. The third-order valence-electron chi connectivity index (χ3n) is 2.01. The van der Waals surface area contributed by atoms with Gasteiger partial charge in [0.05, 0.1) is 0 Å². The Balaban J connectivity index is 4.09. The van der Waals surface area contributed by atoms with Crippen LogP contribution in [0.4, 0.5) is 0 Å². The van der Waals surface area contributed by atoms with Crippen LogP contribution < -0.4 is 0 Å². The molecule has 0 nitrogen and oxygen atoms in total. The Morgan fingerprint density at radius 3 is 2.00 bits per heavy atom. The molecule has 0 atom stereocenters. The summed E-state index contributed by atoms with van der Waals surface area (Å²) in [7, 11) is 0. The quantitative estimate of drug-likeness (QED) is 0.530. The summed E-state index contributed by atoms with van der Waals surface area (Å²) in [5.74, 6) is 0. The van der Waals surface area contributed by atoms with Crippen molar-refractivity contribution in [2.45, 2.75) is 40.0 Å². The first-order valence-electron chi connectivity index (χ1n) is 4.99. The van der Waals surface area contributed by atoms with E-state index in [1.54, 1.807) is 0 Å². The average molecular weight is 287 g/mol. The number of allylic oxidation sites excluding steroid dienone is 3. The molecule has 0 radical (unpaired) electrons. The van der Waals surface area contributed by atoms with Crippen LogP contribution in [0.25, 0.3) is 0 Å². The molecule has 0 unspecified atom stereocenters. The van der Waals surface area contributed by atoms with E-state index in [-0.39, 0.29) is 5.41 Å². The molecule has 0 aromatic heterocycles. The molecule has 0 aliphatic rings. The molecule has 0 aromatic rings. The average Bonchev–Trinajstić information content (AvgIpc) is 1.82. The van der Waals surface area contributed by atoms with E-state index in [1.165, 1.54) is 10.0 Å². The molecular formula is C12H24Sn. The van der Waals surface area contributed by atoms with Crippen molar-refractivity contribution in [1.82, 2.24) is 0 Å². The SMILES string of the molecule is C=C(/C=C\[CH2][Sn]([CH3])([CH3])[CH3])C(C)(C)C. The first-order valence-corrected chi connectivity index (χ1v) is 15.6. The maximum absolute atomic E-state index is 4.08. The van der Waals surface area contributed by atoms with Gasteiger partial charge in [0.1, 0.15) is 0 Å². The molecule has 0 aliphatic carbocycles. The van der Waals surface area contributed by atoms with Crippen molar-refractivity contribution in [3.8, 4) is 0 Å². The fourth-order valence-electron chi connectivity index (χ4n) is 0.805. The molecule has 0 amide bonds. The van der Waals surface area contributed by atoms with Crippen LogP contribution in [0.5, 0.6) is 0 Å². The van der Waals surface area contributed by atoms with Crippen molar-refractivity contribution in [1.29, 1.82) is 0 Å². The summed E-state index contributed by atoms with van der Waals surface area (Å²) in [6.45, 7) is 10.7. The van der Waals surface area contributed by atoms with Crippen molar-refractivity contribution >= 4 is 18.4 Å². The van der Waals surface area contributed by atoms with Gasteiger partial charge in [-0.15, -0.1) is 0 Å². The topological polar surface area (TPSA) is 0 Å². The zero-order valence-electron chi connectivity index (χ0n) is 10.1. The second-order valence-electron chi connectivity index (χ2n) is 5.94. The van der Waals surface area contributed by atoms with Gasteiger partial charge in [-0.05, 0) is 0 Å². The molecule has 0 saturated heterocycles. The summed E-state index contributed by atoms with van der Waals surface area (Å²) in [6, 6.07) is 0. The van der Waals surface area contributed by atoms with Gasteiger partial charge in [0.25, 0.3) is 0 Å². The Labute approximate surface area is 88.0 Å². The zero-order valence-corrected chi connectivity index (χ0v) is 12.9. The molecule has 76 valence electrons. The molecule has 13 heavy (non-hydrogen) atoms. The van der Waals surface area contributed by atoms with Crippen molar-refractivity contribution in [2.24, 2.45) is 5.41 Å². The van der Waals surface area contributed by atoms with E-state index in [9.17, 15) is 0 Å². The summed E-state index contributed by atoms with van der Waals surface area (Å²) in [5.41, 5.74) is 1.47. The molecule has 0 fully saturated rings. The second-order valence-corrected chi connectivity index (χ2v) is 21.7. The minimum atomic E-state index is -1.57. The van der Waals surface area contributed by atoms with E-state index in [1.807, 2.05) is 0 Å². The molecule has 1 heteroatoms. The van der Waals surface area contributed by atoms with Gasteiger partial charge in [-0.2, -0.15) is 0 Å². The predicted octanol–water partition coefficient (Wildman–Crippen LogP) is 4.48. The van der Waals surface area contributed by atoms with E-state index >= 15 is 0 Å². The van der Waals surface area contributed by atoms with Crippen molar-refractivity contribution in [3.63, 3.8) is 0 Å². The third kappa shape index (κ3) is 7.36. The molecule has 0 rings (SSSR count). The zero-order chi connectivity index (χ0) is 10.7. The Bertz CT molecular complexity index is 198. The van der Waals surface area contributed by atoms with Gasteiger partial charge in [-0.3, -0.25) is 0 Å². The van der Waals surface area contributed by atoms with E-state index in [0.717, 1.165) is 0 Å². The summed E-state index contributed by atoms with van der Waals surface area (Å²) >= 11 is -1.57. The van der Waals surface area contributed by atoms with Crippen LogP contribution in [0.1, 0.15) is 20.8 Å². The van der Waals surface area contributed by atoms with Crippen molar-refractivity contribution in [3.05, 3.63) is 24.3 Å². The monoisotopic (exact) mass is 288 g/mol.